The number of hydrogen-bond acceptors (Lipinski definition) is 5. The van der Waals surface area contributed by atoms with Crippen LogP contribution in [0.15, 0.2) is 28.2 Å². The molecule has 8 heteroatoms. The first kappa shape index (κ1) is 15.7. The molecule has 1 N–H and O–H groups in total. The van der Waals surface area contributed by atoms with Gasteiger partial charge in [0.2, 0.25) is 0 Å². The van der Waals surface area contributed by atoms with Crippen LogP contribution in [-0.4, -0.2) is 33.4 Å². The Labute approximate surface area is 130 Å². The summed E-state index contributed by atoms with van der Waals surface area (Å²) in [6, 6.07) is 4.88. The lowest BCUT2D eigenvalue weighted by Crippen LogP contribution is -2.16. The van der Waals surface area contributed by atoms with Gasteiger partial charge in [0.25, 0.3) is 0 Å². The van der Waals surface area contributed by atoms with Crippen LogP contribution < -0.4 is 10.4 Å². The molecule has 0 saturated heterocycles. The van der Waals surface area contributed by atoms with Gasteiger partial charge in [-0.2, -0.15) is 0 Å². The highest BCUT2D eigenvalue weighted by Gasteiger charge is 2.13. The van der Waals surface area contributed by atoms with Gasteiger partial charge in [0.1, 0.15) is 5.75 Å². The second-order valence-electron chi connectivity index (χ2n) is 4.12. The highest BCUT2D eigenvalue weighted by Crippen LogP contribution is 2.26. The second kappa shape index (κ2) is 6.82. The van der Waals surface area contributed by atoms with Gasteiger partial charge in [-0.15, -0.1) is 5.10 Å². The first-order chi connectivity index (χ1) is 10.1. The number of methoxy groups -OCH3 is 1. The molecule has 0 amide bonds. The van der Waals surface area contributed by atoms with Crippen LogP contribution in [0.5, 0.6) is 5.75 Å². The summed E-state index contributed by atoms with van der Waals surface area (Å²) in [4.78, 5) is 23.5. The molecule has 0 spiro atoms. The highest BCUT2D eigenvalue weighted by atomic mass is 35.5. The van der Waals surface area contributed by atoms with Crippen LogP contribution in [0.1, 0.15) is 17.3 Å². The van der Waals surface area contributed by atoms with Gasteiger partial charge in [0.15, 0.2) is 10.9 Å². The summed E-state index contributed by atoms with van der Waals surface area (Å²) in [6.07, 6.45) is 0. The smallest absolute Gasteiger partial charge is 0.343 e. The molecular weight excluding hydrogens is 314 g/mol. The van der Waals surface area contributed by atoms with Crippen molar-refractivity contribution in [3.63, 3.8) is 0 Å². The number of benzene rings is 1. The molecule has 0 aliphatic carbocycles. The Balaban J connectivity index is 2.08. The number of ether oxygens (including phenoxy) is 1. The molecule has 0 radical (unpaired) electrons. The minimum atomic E-state index is -0.278. The Kier molecular flexibility index (Phi) is 5.08. The molecule has 6 nitrogen and oxygen atoms in total. The number of nitrogens with zero attached hydrogens (tertiary/aromatic N) is 2. The number of aromatic nitrogens is 3. The summed E-state index contributed by atoms with van der Waals surface area (Å²) >= 11 is 7.20. The number of rotatable bonds is 6. The van der Waals surface area contributed by atoms with E-state index < -0.39 is 0 Å². The van der Waals surface area contributed by atoms with E-state index >= 15 is 0 Å². The van der Waals surface area contributed by atoms with Crippen LogP contribution in [0, 0.1) is 0 Å². The average molecular weight is 328 g/mol. The number of carbonyl (C=O) groups is 1. The van der Waals surface area contributed by atoms with Gasteiger partial charge >= 0.3 is 5.69 Å². The maximum absolute atomic E-state index is 12.1. The van der Waals surface area contributed by atoms with Gasteiger partial charge in [-0.05, 0) is 25.1 Å². The van der Waals surface area contributed by atoms with Crippen LogP contribution >= 0.6 is 23.4 Å². The molecule has 0 bridgehead atoms. The van der Waals surface area contributed by atoms with E-state index in [1.54, 1.807) is 18.2 Å². The van der Waals surface area contributed by atoms with E-state index in [2.05, 4.69) is 10.2 Å². The fourth-order valence-electron chi connectivity index (χ4n) is 1.75. The molecule has 21 heavy (non-hydrogen) atoms. The quantitative estimate of drug-likeness (QED) is 0.650. The molecule has 0 atom stereocenters. The molecule has 112 valence electrons. The van der Waals surface area contributed by atoms with Crippen molar-refractivity contribution in [1.29, 1.82) is 0 Å². The molecule has 2 aromatic rings. The summed E-state index contributed by atoms with van der Waals surface area (Å²) in [5, 5.41) is 7.13. The molecule has 2 rings (SSSR count). The van der Waals surface area contributed by atoms with Gasteiger partial charge in [-0.3, -0.25) is 9.36 Å². The van der Waals surface area contributed by atoms with Crippen molar-refractivity contribution in [2.24, 2.45) is 0 Å². The summed E-state index contributed by atoms with van der Waals surface area (Å²) < 4.78 is 6.51. The number of carbonyl (C=O) groups excluding carboxylic acids is 1. The molecule has 1 aromatic carbocycles. The zero-order valence-corrected chi connectivity index (χ0v) is 13.1. The SMILES string of the molecule is CCn1c(SCC(=O)c2ccc(OC)c(Cl)c2)n[nH]c1=O. The van der Waals surface area contributed by atoms with Crippen LogP contribution in [0.3, 0.4) is 0 Å². The Morgan fingerprint density at radius 3 is 2.90 bits per heavy atom. The average Bonchev–Trinajstić information content (AvgIpc) is 2.84. The largest absolute Gasteiger partial charge is 0.495 e. The van der Waals surface area contributed by atoms with Gasteiger partial charge in [0.05, 0.1) is 17.9 Å². The third-order valence-electron chi connectivity index (χ3n) is 2.85. The number of H-pyrrole nitrogens is 1. The standard InChI is InChI=1S/C13H14ClN3O3S/c1-3-17-12(19)15-16-13(17)21-7-10(18)8-4-5-11(20-2)9(14)6-8/h4-6H,3,7H2,1-2H3,(H,15,19). The minimum absolute atomic E-state index is 0.0948. The van der Waals surface area contributed by atoms with E-state index in [9.17, 15) is 9.59 Å². The van der Waals surface area contributed by atoms with Crippen molar-refractivity contribution in [2.75, 3.05) is 12.9 Å². The molecule has 0 aliphatic heterocycles. The van der Waals surface area contributed by atoms with Crippen molar-refractivity contribution in [3.05, 3.63) is 39.3 Å². The molecule has 0 fully saturated rings. The third kappa shape index (κ3) is 3.48. The van der Waals surface area contributed by atoms with Crippen LogP contribution in [0.2, 0.25) is 5.02 Å². The van der Waals surface area contributed by atoms with Crippen molar-refractivity contribution < 1.29 is 9.53 Å². The number of Topliss-reactive ketones (excluding diaryl/α,β-unsaturated/α-hetero) is 1. The minimum Gasteiger partial charge on any atom is -0.495 e. The first-order valence-electron chi connectivity index (χ1n) is 6.21. The highest BCUT2D eigenvalue weighted by molar-refractivity contribution is 7.99. The van der Waals surface area contributed by atoms with Crippen molar-refractivity contribution in [2.45, 2.75) is 18.6 Å². The van der Waals surface area contributed by atoms with E-state index in [1.807, 2.05) is 6.92 Å². The number of thioether (sulfide) groups is 1. The maximum Gasteiger partial charge on any atom is 0.343 e. The van der Waals surface area contributed by atoms with Crippen LogP contribution in [0.4, 0.5) is 0 Å². The van der Waals surface area contributed by atoms with Crippen molar-refractivity contribution in [3.8, 4) is 5.75 Å². The lowest BCUT2D eigenvalue weighted by Gasteiger charge is -2.05. The summed E-state index contributed by atoms with van der Waals surface area (Å²) in [7, 11) is 1.51. The Morgan fingerprint density at radius 1 is 1.52 bits per heavy atom. The van der Waals surface area contributed by atoms with E-state index in [1.165, 1.54) is 23.4 Å². The Hall–Kier alpha value is -1.73. The predicted octanol–water partition coefficient (Wildman–Crippen LogP) is 2.23. The van der Waals surface area contributed by atoms with Gasteiger partial charge in [-0.1, -0.05) is 23.4 Å². The topological polar surface area (TPSA) is 77.0 Å². The zero-order valence-electron chi connectivity index (χ0n) is 11.6. The molecule has 1 aromatic heterocycles. The van der Waals surface area contributed by atoms with Gasteiger partial charge in [0, 0.05) is 12.1 Å². The summed E-state index contributed by atoms with van der Waals surface area (Å²) in [5.41, 5.74) is 0.217. The number of ketones is 1. The molecular formula is C13H14ClN3O3S. The normalized spacial score (nSPS) is 10.6. The number of aromatic amines is 1. The van der Waals surface area contributed by atoms with Gasteiger partial charge < -0.3 is 4.74 Å². The second-order valence-corrected chi connectivity index (χ2v) is 5.47. The Bertz CT molecular complexity index is 711. The monoisotopic (exact) mass is 327 g/mol. The first-order valence-corrected chi connectivity index (χ1v) is 7.58. The van der Waals surface area contributed by atoms with Gasteiger partial charge in [-0.25, -0.2) is 9.89 Å². The Morgan fingerprint density at radius 2 is 2.29 bits per heavy atom. The number of halogens is 1. The van der Waals surface area contributed by atoms with Crippen LogP contribution in [0.25, 0.3) is 0 Å². The third-order valence-corrected chi connectivity index (χ3v) is 4.12. The summed E-state index contributed by atoms with van der Waals surface area (Å²) in [5.74, 6) is 0.600. The van der Waals surface area contributed by atoms with E-state index in [0.717, 1.165) is 0 Å². The summed E-state index contributed by atoms with van der Waals surface area (Å²) in [6.45, 7) is 2.34. The number of hydrogen-bond donors (Lipinski definition) is 1. The van der Waals surface area contributed by atoms with E-state index in [4.69, 9.17) is 16.3 Å². The number of nitrogens with one attached hydrogen (secondary N) is 1. The van der Waals surface area contributed by atoms with Crippen molar-refractivity contribution >= 4 is 29.1 Å². The van der Waals surface area contributed by atoms with E-state index in [0.29, 0.717) is 28.0 Å². The zero-order chi connectivity index (χ0) is 15.4. The molecule has 0 unspecified atom stereocenters. The maximum atomic E-state index is 12.1. The molecule has 0 aliphatic rings. The van der Waals surface area contributed by atoms with Crippen LogP contribution in [-0.2, 0) is 6.54 Å². The van der Waals surface area contributed by atoms with E-state index in [-0.39, 0.29) is 17.2 Å². The molecule has 1 heterocycles. The fraction of sp³-hybridized carbons (Fsp3) is 0.308. The molecule has 0 saturated carbocycles. The lowest BCUT2D eigenvalue weighted by atomic mass is 10.1. The lowest BCUT2D eigenvalue weighted by molar-refractivity contribution is 0.102. The fourth-order valence-corrected chi connectivity index (χ4v) is 2.91. The predicted molar refractivity (Wildman–Crippen MR) is 81.6 cm³/mol. The van der Waals surface area contributed by atoms with Crippen molar-refractivity contribution in [1.82, 2.24) is 14.8 Å².